The summed E-state index contributed by atoms with van der Waals surface area (Å²) < 4.78 is 13.2. The van der Waals surface area contributed by atoms with Crippen molar-refractivity contribution in [2.45, 2.75) is 6.92 Å². The van der Waals surface area contributed by atoms with Crippen molar-refractivity contribution in [3.63, 3.8) is 0 Å². The fraction of sp³-hybridized carbons (Fsp3) is 0.333. The number of piperazine rings is 1. The summed E-state index contributed by atoms with van der Waals surface area (Å²) in [6.45, 7) is 4.81. The number of benzene rings is 1. The van der Waals surface area contributed by atoms with Gasteiger partial charge in [0.05, 0.1) is 0 Å². The number of hydrogen-bond acceptors (Lipinski definition) is 4. The lowest BCUT2D eigenvalue weighted by atomic mass is 10.2. The van der Waals surface area contributed by atoms with E-state index in [0.717, 1.165) is 18.2 Å². The Kier molecular flexibility index (Phi) is 3.88. The molecule has 0 unspecified atom stereocenters. The second kappa shape index (κ2) is 5.81. The number of carbonyl (C=O) groups is 1. The largest absolute Gasteiger partial charge is 0.345 e. The van der Waals surface area contributed by atoms with Gasteiger partial charge in [0, 0.05) is 42.8 Å². The smallest absolute Gasteiger partial charge is 0.254 e. The molecule has 1 saturated heterocycles. The minimum atomic E-state index is -0.377. The van der Waals surface area contributed by atoms with Crippen molar-refractivity contribution >= 4 is 22.4 Å². The van der Waals surface area contributed by atoms with E-state index in [1.54, 1.807) is 28.4 Å². The Labute approximate surface area is 126 Å². The summed E-state index contributed by atoms with van der Waals surface area (Å²) in [5.74, 6) is -0.484. The summed E-state index contributed by atoms with van der Waals surface area (Å²) in [5, 5.41) is 1.00. The van der Waals surface area contributed by atoms with Gasteiger partial charge in [-0.1, -0.05) is 6.07 Å². The van der Waals surface area contributed by atoms with Crippen LogP contribution in [-0.2, 0) is 0 Å². The van der Waals surface area contributed by atoms with Crippen LogP contribution in [-0.4, -0.2) is 42.0 Å². The highest BCUT2D eigenvalue weighted by atomic mass is 32.1. The molecule has 1 aliphatic rings. The Morgan fingerprint density at radius 3 is 2.67 bits per heavy atom. The average Bonchev–Trinajstić information content (AvgIpc) is 2.93. The molecule has 0 N–H and O–H groups in total. The van der Waals surface area contributed by atoms with E-state index in [2.05, 4.69) is 9.88 Å². The molecule has 4 nitrogen and oxygen atoms in total. The van der Waals surface area contributed by atoms with Crippen LogP contribution in [0.2, 0.25) is 0 Å². The molecule has 0 atom stereocenters. The third kappa shape index (κ3) is 3.05. The molecule has 1 aromatic carbocycles. The standard InChI is InChI=1S/C15H16FN3OS/c1-11-10-17-15(21-11)19-7-5-18(6-8-19)14(20)12-3-2-4-13(16)9-12/h2-4,9-10H,5-8H2,1H3. The van der Waals surface area contributed by atoms with Gasteiger partial charge in [0.15, 0.2) is 5.13 Å². The van der Waals surface area contributed by atoms with Gasteiger partial charge in [0.25, 0.3) is 5.91 Å². The van der Waals surface area contributed by atoms with Crippen LogP contribution in [0.3, 0.4) is 0 Å². The van der Waals surface area contributed by atoms with E-state index in [1.807, 2.05) is 13.1 Å². The summed E-state index contributed by atoms with van der Waals surface area (Å²) >= 11 is 1.66. The number of aryl methyl sites for hydroxylation is 1. The van der Waals surface area contributed by atoms with Crippen molar-refractivity contribution < 1.29 is 9.18 Å². The monoisotopic (exact) mass is 305 g/mol. The van der Waals surface area contributed by atoms with Crippen LogP contribution in [0.5, 0.6) is 0 Å². The van der Waals surface area contributed by atoms with Gasteiger partial charge in [-0.25, -0.2) is 9.37 Å². The molecule has 1 aromatic heterocycles. The maximum Gasteiger partial charge on any atom is 0.254 e. The molecule has 1 amide bonds. The number of halogens is 1. The van der Waals surface area contributed by atoms with E-state index in [9.17, 15) is 9.18 Å². The first-order valence-corrected chi connectivity index (χ1v) is 7.67. The van der Waals surface area contributed by atoms with Crippen LogP contribution in [0.25, 0.3) is 0 Å². The van der Waals surface area contributed by atoms with Gasteiger partial charge in [0.1, 0.15) is 5.82 Å². The first kappa shape index (κ1) is 14.0. The van der Waals surface area contributed by atoms with E-state index in [4.69, 9.17) is 0 Å². The fourth-order valence-electron chi connectivity index (χ4n) is 2.39. The third-order valence-electron chi connectivity index (χ3n) is 3.52. The Morgan fingerprint density at radius 2 is 2.05 bits per heavy atom. The summed E-state index contributed by atoms with van der Waals surface area (Å²) in [6, 6.07) is 5.86. The minimum absolute atomic E-state index is 0.107. The molecule has 0 saturated carbocycles. The lowest BCUT2D eigenvalue weighted by Crippen LogP contribution is -2.48. The van der Waals surface area contributed by atoms with Gasteiger partial charge >= 0.3 is 0 Å². The van der Waals surface area contributed by atoms with Crippen LogP contribution in [0.4, 0.5) is 9.52 Å². The molecule has 2 heterocycles. The van der Waals surface area contributed by atoms with Gasteiger partial charge in [-0.2, -0.15) is 0 Å². The summed E-state index contributed by atoms with van der Waals surface area (Å²) in [5.41, 5.74) is 0.411. The van der Waals surface area contributed by atoms with Gasteiger partial charge in [-0.3, -0.25) is 4.79 Å². The van der Waals surface area contributed by atoms with Crippen molar-refractivity contribution in [3.05, 3.63) is 46.7 Å². The van der Waals surface area contributed by atoms with E-state index in [1.165, 1.54) is 17.0 Å². The molecule has 0 spiro atoms. The number of amides is 1. The van der Waals surface area contributed by atoms with Crippen LogP contribution < -0.4 is 4.90 Å². The molecule has 110 valence electrons. The number of carbonyl (C=O) groups excluding carboxylic acids is 1. The van der Waals surface area contributed by atoms with E-state index >= 15 is 0 Å². The topological polar surface area (TPSA) is 36.4 Å². The van der Waals surface area contributed by atoms with Gasteiger partial charge in [-0.05, 0) is 25.1 Å². The van der Waals surface area contributed by atoms with Crippen LogP contribution >= 0.6 is 11.3 Å². The van der Waals surface area contributed by atoms with Crippen LogP contribution in [0.15, 0.2) is 30.5 Å². The Balaban J connectivity index is 1.64. The molecule has 1 fully saturated rings. The average molecular weight is 305 g/mol. The second-order valence-electron chi connectivity index (χ2n) is 5.04. The Hall–Kier alpha value is -1.95. The van der Waals surface area contributed by atoms with Gasteiger partial charge in [-0.15, -0.1) is 11.3 Å². The van der Waals surface area contributed by atoms with Crippen LogP contribution in [0.1, 0.15) is 15.2 Å². The first-order valence-electron chi connectivity index (χ1n) is 6.86. The molecule has 0 aliphatic carbocycles. The lowest BCUT2D eigenvalue weighted by Gasteiger charge is -2.34. The Bertz CT molecular complexity index is 650. The summed E-state index contributed by atoms with van der Waals surface area (Å²) in [6.07, 6.45) is 1.87. The number of anilines is 1. The van der Waals surface area contributed by atoms with Gasteiger partial charge in [0.2, 0.25) is 0 Å². The first-order chi connectivity index (χ1) is 10.1. The van der Waals surface area contributed by atoms with Crippen molar-refractivity contribution in [2.24, 2.45) is 0 Å². The predicted octanol–water partition coefficient (Wildman–Crippen LogP) is 2.55. The lowest BCUT2D eigenvalue weighted by molar-refractivity contribution is 0.0746. The summed E-state index contributed by atoms with van der Waals surface area (Å²) in [4.78, 5) is 21.8. The minimum Gasteiger partial charge on any atom is -0.345 e. The van der Waals surface area contributed by atoms with E-state index in [-0.39, 0.29) is 11.7 Å². The second-order valence-corrected chi connectivity index (χ2v) is 6.26. The highest BCUT2D eigenvalue weighted by Crippen LogP contribution is 2.23. The molecule has 3 rings (SSSR count). The molecule has 2 aromatic rings. The molecule has 1 aliphatic heterocycles. The zero-order valence-corrected chi connectivity index (χ0v) is 12.6. The molecule has 6 heteroatoms. The van der Waals surface area contributed by atoms with Crippen molar-refractivity contribution in [2.75, 3.05) is 31.1 Å². The zero-order chi connectivity index (χ0) is 14.8. The van der Waals surface area contributed by atoms with Crippen molar-refractivity contribution in [3.8, 4) is 0 Å². The number of hydrogen-bond donors (Lipinski definition) is 0. The molecule has 0 radical (unpaired) electrons. The molecular formula is C15H16FN3OS. The SMILES string of the molecule is Cc1cnc(N2CCN(C(=O)c3cccc(F)c3)CC2)s1. The van der Waals surface area contributed by atoms with Crippen LogP contribution in [0, 0.1) is 12.7 Å². The molecule has 21 heavy (non-hydrogen) atoms. The van der Waals surface area contributed by atoms with Crippen molar-refractivity contribution in [1.29, 1.82) is 0 Å². The van der Waals surface area contributed by atoms with E-state index < -0.39 is 0 Å². The number of aromatic nitrogens is 1. The zero-order valence-electron chi connectivity index (χ0n) is 11.8. The summed E-state index contributed by atoms with van der Waals surface area (Å²) in [7, 11) is 0. The van der Waals surface area contributed by atoms with Crippen molar-refractivity contribution in [1.82, 2.24) is 9.88 Å². The third-order valence-corrected chi connectivity index (χ3v) is 4.49. The number of nitrogens with zero attached hydrogens (tertiary/aromatic N) is 3. The highest BCUT2D eigenvalue weighted by molar-refractivity contribution is 7.15. The fourth-order valence-corrected chi connectivity index (χ4v) is 3.20. The predicted molar refractivity (Wildman–Crippen MR) is 81.4 cm³/mol. The maximum atomic E-state index is 13.2. The maximum absolute atomic E-state index is 13.2. The number of thiazole rings is 1. The van der Waals surface area contributed by atoms with Gasteiger partial charge < -0.3 is 9.80 Å². The molecule has 0 bridgehead atoms. The number of rotatable bonds is 2. The highest BCUT2D eigenvalue weighted by Gasteiger charge is 2.23. The Morgan fingerprint density at radius 1 is 1.29 bits per heavy atom. The van der Waals surface area contributed by atoms with E-state index in [0.29, 0.717) is 18.7 Å². The quantitative estimate of drug-likeness (QED) is 0.855. The normalized spacial score (nSPS) is 15.3. The molecular weight excluding hydrogens is 289 g/mol.